The van der Waals surface area contributed by atoms with Crippen LogP contribution >= 0.6 is 0 Å². The number of carboxylic acid groups (broad SMARTS) is 1. The number of nitrogens with one attached hydrogen (secondary N) is 1. The lowest BCUT2D eigenvalue weighted by atomic mass is 10.1. The number of benzene rings is 1. The van der Waals surface area contributed by atoms with E-state index >= 15 is 0 Å². The number of hydrogen-bond donors (Lipinski definition) is 3. The third-order valence-corrected chi connectivity index (χ3v) is 2.71. The zero-order chi connectivity index (χ0) is 13.6. The van der Waals surface area contributed by atoms with E-state index in [1.165, 1.54) is 12.1 Å². The Labute approximate surface area is 104 Å². The molecule has 3 N–H and O–H groups in total. The van der Waals surface area contributed by atoms with Crippen molar-refractivity contribution < 1.29 is 19.6 Å². The lowest BCUT2D eigenvalue weighted by molar-refractivity contribution is 0.0649. The average molecular weight is 261 g/mol. The Bertz CT molecular complexity index is 842. The van der Waals surface area contributed by atoms with E-state index in [2.05, 4.69) is 14.7 Å². The van der Waals surface area contributed by atoms with Crippen molar-refractivity contribution in [2.75, 3.05) is 0 Å². The molecule has 0 radical (unpaired) electrons. The first kappa shape index (κ1) is 11.1. The van der Waals surface area contributed by atoms with Crippen molar-refractivity contribution in [2.24, 2.45) is 0 Å². The second kappa shape index (κ2) is 3.73. The van der Waals surface area contributed by atoms with Crippen LogP contribution in [0.3, 0.4) is 0 Å². The lowest BCUT2D eigenvalue weighted by Crippen LogP contribution is -2.04. The summed E-state index contributed by atoms with van der Waals surface area (Å²) in [5.41, 5.74) is 0.531. The van der Waals surface area contributed by atoms with E-state index < -0.39 is 11.7 Å². The predicted molar refractivity (Wildman–Crippen MR) is 62.2 cm³/mol. The van der Waals surface area contributed by atoms with E-state index in [-0.39, 0.29) is 11.5 Å². The van der Waals surface area contributed by atoms with Gasteiger partial charge in [0.2, 0.25) is 0 Å². The molecule has 2 heterocycles. The molecule has 0 bridgehead atoms. The topological polar surface area (TPSA) is 121 Å². The molecule has 0 fully saturated rings. The molecule has 0 spiro atoms. The highest BCUT2D eigenvalue weighted by Gasteiger charge is 2.15. The summed E-state index contributed by atoms with van der Waals surface area (Å²) in [6, 6.07) is 6.07. The minimum atomic E-state index is -1.24. The fraction of sp³-hybridized carbons (Fsp3) is 0. The van der Waals surface area contributed by atoms with Gasteiger partial charge in [0.1, 0.15) is 0 Å². The Hall–Kier alpha value is -3.03. The molecule has 96 valence electrons. The van der Waals surface area contributed by atoms with Crippen molar-refractivity contribution in [2.45, 2.75) is 0 Å². The third kappa shape index (κ3) is 1.66. The molecule has 0 saturated carbocycles. The van der Waals surface area contributed by atoms with Crippen LogP contribution in [-0.4, -0.2) is 31.2 Å². The molecule has 1 aromatic carbocycles. The number of H-pyrrole nitrogens is 1. The highest BCUT2D eigenvalue weighted by Crippen LogP contribution is 2.24. The highest BCUT2D eigenvalue weighted by molar-refractivity contribution is 5.95. The second-order valence-corrected chi connectivity index (χ2v) is 3.86. The number of hydrogen-bond acceptors (Lipinski definition) is 5. The summed E-state index contributed by atoms with van der Waals surface area (Å²) >= 11 is 0. The monoisotopic (exact) mass is 261 g/mol. The minimum absolute atomic E-state index is 0.199. The molecule has 0 saturated heterocycles. The van der Waals surface area contributed by atoms with Crippen molar-refractivity contribution in [1.29, 1.82) is 0 Å². The van der Waals surface area contributed by atoms with Gasteiger partial charge in [0.05, 0.1) is 5.52 Å². The van der Waals surface area contributed by atoms with Crippen molar-refractivity contribution in [3.8, 4) is 11.4 Å². The number of carboxylic acids is 1. The molecule has 0 amide bonds. The minimum Gasteiger partial charge on any atom is -0.476 e. The fourth-order valence-electron chi connectivity index (χ4n) is 1.84. The van der Waals surface area contributed by atoms with Gasteiger partial charge < -0.3 is 10.3 Å². The van der Waals surface area contributed by atoms with Gasteiger partial charge in [-0.1, -0.05) is 17.3 Å². The number of aromatic nitrogens is 3. The van der Waals surface area contributed by atoms with Crippen LogP contribution in [0.1, 0.15) is 10.5 Å². The summed E-state index contributed by atoms with van der Waals surface area (Å²) in [6.07, 6.45) is 0. The van der Waals surface area contributed by atoms with Gasteiger partial charge in [0.25, 0.3) is 0 Å². The molecule has 0 atom stereocenters. The number of rotatable bonds is 2. The van der Waals surface area contributed by atoms with Crippen LogP contribution < -0.4 is 5.76 Å². The van der Waals surface area contributed by atoms with Crippen molar-refractivity contribution in [3.05, 3.63) is 40.5 Å². The van der Waals surface area contributed by atoms with E-state index in [1.807, 2.05) is 0 Å². The first-order chi connectivity index (χ1) is 9.06. The van der Waals surface area contributed by atoms with E-state index in [1.54, 1.807) is 12.1 Å². The molecule has 0 aliphatic heterocycles. The van der Waals surface area contributed by atoms with Crippen LogP contribution in [0.25, 0.3) is 22.3 Å². The van der Waals surface area contributed by atoms with Crippen molar-refractivity contribution in [1.82, 2.24) is 14.9 Å². The van der Waals surface area contributed by atoms with Gasteiger partial charge in [-0.3, -0.25) is 9.51 Å². The average Bonchev–Trinajstić information content (AvgIpc) is 2.94. The molecule has 0 aliphatic carbocycles. The highest BCUT2D eigenvalue weighted by atomic mass is 16.5. The van der Waals surface area contributed by atoms with Crippen LogP contribution in [0, 0.1) is 0 Å². The Balaban J connectivity index is 2.23. The van der Waals surface area contributed by atoms with Gasteiger partial charge in [-0.15, -0.1) is 0 Å². The Morgan fingerprint density at radius 1 is 1.37 bits per heavy atom. The number of aromatic carboxylic acids is 1. The van der Waals surface area contributed by atoms with Crippen LogP contribution in [0.2, 0.25) is 0 Å². The molecular formula is C11H7N3O5. The molecular weight excluding hydrogens is 254 g/mol. The summed E-state index contributed by atoms with van der Waals surface area (Å²) in [5.74, 6) is -1.74. The maximum atomic E-state index is 10.9. The van der Waals surface area contributed by atoms with Gasteiger partial charge in [0, 0.05) is 10.9 Å². The van der Waals surface area contributed by atoms with Crippen LogP contribution in [0.5, 0.6) is 0 Å². The molecule has 19 heavy (non-hydrogen) atoms. The lowest BCUT2D eigenvalue weighted by Gasteiger charge is -1.99. The summed E-state index contributed by atoms with van der Waals surface area (Å²) in [7, 11) is 0. The van der Waals surface area contributed by atoms with E-state index in [4.69, 9.17) is 5.11 Å². The van der Waals surface area contributed by atoms with E-state index in [0.29, 0.717) is 21.2 Å². The van der Waals surface area contributed by atoms with E-state index in [9.17, 15) is 14.8 Å². The molecule has 3 rings (SSSR count). The Morgan fingerprint density at radius 3 is 2.79 bits per heavy atom. The van der Waals surface area contributed by atoms with Crippen LogP contribution in [-0.2, 0) is 0 Å². The van der Waals surface area contributed by atoms with Crippen LogP contribution in [0.15, 0.2) is 33.6 Å². The molecule has 8 nitrogen and oxygen atoms in total. The van der Waals surface area contributed by atoms with Gasteiger partial charge >= 0.3 is 11.7 Å². The predicted octanol–water partition coefficient (Wildman–Crippen LogP) is 0.920. The van der Waals surface area contributed by atoms with Gasteiger partial charge in [-0.25, -0.2) is 9.59 Å². The quantitative estimate of drug-likeness (QED) is 0.590. The molecule has 0 aliphatic rings. The van der Waals surface area contributed by atoms with Gasteiger partial charge in [-0.2, -0.15) is 4.73 Å². The number of carbonyl (C=O) groups is 1. The summed E-state index contributed by atoms with van der Waals surface area (Å²) < 4.78 is 4.95. The van der Waals surface area contributed by atoms with Crippen LogP contribution in [0.4, 0.5) is 0 Å². The zero-order valence-corrected chi connectivity index (χ0v) is 9.32. The smallest absolute Gasteiger partial charge is 0.439 e. The van der Waals surface area contributed by atoms with Gasteiger partial charge in [-0.05, 0) is 12.1 Å². The standard InChI is InChI=1S/C11H7N3O5/c15-10(16)8-3-5-1-2-6(4-7(5)14(8)18)9-12-11(17)19-13-9/h1-4,18H,(H,15,16)(H,12,13,17). The molecule has 8 heteroatoms. The maximum absolute atomic E-state index is 10.9. The maximum Gasteiger partial charge on any atom is 0.439 e. The number of fused-ring (bicyclic) bond motifs is 1. The zero-order valence-electron chi connectivity index (χ0n) is 9.32. The molecule has 2 aromatic heterocycles. The first-order valence-electron chi connectivity index (χ1n) is 5.20. The summed E-state index contributed by atoms with van der Waals surface area (Å²) in [6.45, 7) is 0. The number of aromatic amines is 1. The molecule has 0 unspecified atom stereocenters. The Kier molecular flexibility index (Phi) is 2.18. The SMILES string of the molecule is O=C(O)c1cc2ccc(-c3noc(=O)[nH]3)cc2n1O. The largest absolute Gasteiger partial charge is 0.476 e. The molecule has 3 aromatic rings. The summed E-state index contributed by atoms with van der Waals surface area (Å²) in [4.78, 5) is 24.1. The van der Waals surface area contributed by atoms with Crippen molar-refractivity contribution >= 4 is 16.9 Å². The second-order valence-electron chi connectivity index (χ2n) is 3.86. The fourth-order valence-corrected chi connectivity index (χ4v) is 1.84. The Morgan fingerprint density at radius 2 is 2.16 bits per heavy atom. The van der Waals surface area contributed by atoms with E-state index in [0.717, 1.165) is 0 Å². The first-order valence-corrected chi connectivity index (χ1v) is 5.20. The number of nitrogens with zero attached hydrogens (tertiary/aromatic N) is 2. The normalized spacial score (nSPS) is 10.9. The van der Waals surface area contributed by atoms with Crippen molar-refractivity contribution in [3.63, 3.8) is 0 Å². The summed E-state index contributed by atoms with van der Waals surface area (Å²) in [5, 5.41) is 22.7. The van der Waals surface area contributed by atoms with Gasteiger partial charge in [0.15, 0.2) is 11.5 Å². The third-order valence-electron chi connectivity index (χ3n) is 2.71.